The maximum absolute atomic E-state index is 12.3. The summed E-state index contributed by atoms with van der Waals surface area (Å²) >= 11 is 0. The van der Waals surface area contributed by atoms with Crippen LogP contribution >= 0.6 is 0 Å². The summed E-state index contributed by atoms with van der Waals surface area (Å²) in [5.74, 6) is -0.594. The molecular formula is C26H25N3O6. The second-order valence-corrected chi connectivity index (χ2v) is 7.03. The Hall–Kier alpha value is -4.66. The molecule has 2 amide bonds. The minimum atomic E-state index is -0.920. The lowest BCUT2D eigenvalue weighted by molar-refractivity contribution is -0.136. The molecule has 0 unspecified atom stereocenters. The molecule has 0 heterocycles. The number of hydrazone groups is 1. The van der Waals surface area contributed by atoms with E-state index < -0.39 is 17.8 Å². The number of nitrogens with one attached hydrogen (secondary N) is 2. The van der Waals surface area contributed by atoms with Crippen LogP contribution in [0, 0.1) is 0 Å². The zero-order valence-corrected chi connectivity index (χ0v) is 19.3. The van der Waals surface area contributed by atoms with Crippen molar-refractivity contribution < 1.29 is 28.6 Å². The fraction of sp³-hybridized carbons (Fsp3) is 0.154. The molecule has 0 aliphatic heterocycles. The molecule has 0 bridgehead atoms. The summed E-state index contributed by atoms with van der Waals surface area (Å²) in [6.07, 6.45) is 1.36. The van der Waals surface area contributed by atoms with E-state index >= 15 is 0 Å². The van der Waals surface area contributed by atoms with E-state index in [1.54, 1.807) is 72.8 Å². The molecule has 180 valence electrons. The van der Waals surface area contributed by atoms with Crippen LogP contribution in [0.2, 0.25) is 0 Å². The van der Waals surface area contributed by atoms with E-state index in [1.165, 1.54) is 6.21 Å². The molecule has 3 aromatic rings. The predicted octanol–water partition coefficient (Wildman–Crippen LogP) is 3.79. The number of ether oxygens (including phenoxy) is 3. The molecule has 0 aromatic heterocycles. The van der Waals surface area contributed by atoms with E-state index in [0.717, 1.165) is 0 Å². The standard InChI is InChI=1S/C26H25N3O6/c1-3-33-21-13-7-19(8-14-21)26(32)35-23-11-5-18(6-12-23)17-27-29-25(31)24(30)28-20-9-15-22(16-10-20)34-4-2/h5-17H,3-4H2,1-2H3,(H,28,30)(H,29,31)/b27-17-. The molecule has 0 aliphatic rings. The SMILES string of the molecule is CCOc1ccc(NC(=O)C(=O)N/N=C\c2ccc(OC(=O)c3ccc(OCC)cc3)cc2)cc1. The Kier molecular flexibility index (Phi) is 8.95. The Morgan fingerprint density at radius 1 is 0.743 bits per heavy atom. The summed E-state index contributed by atoms with van der Waals surface area (Å²) in [5, 5.41) is 6.25. The van der Waals surface area contributed by atoms with Crippen molar-refractivity contribution in [1.82, 2.24) is 5.43 Å². The lowest BCUT2D eigenvalue weighted by Gasteiger charge is -2.06. The Bertz CT molecular complexity index is 1170. The topological polar surface area (TPSA) is 115 Å². The summed E-state index contributed by atoms with van der Waals surface area (Å²) in [4.78, 5) is 36.2. The Balaban J connectivity index is 1.47. The molecule has 2 N–H and O–H groups in total. The van der Waals surface area contributed by atoms with Crippen LogP contribution in [-0.4, -0.2) is 37.2 Å². The van der Waals surface area contributed by atoms with Crippen molar-refractivity contribution in [3.05, 3.63) is 83.9 Å². The molecule has 9 heteroatoms. The normalized spacial score (nSPS) is 10.5. The van der Waals surface area contributed by atoms with Crippen molar-refractivity contribution in [2.24, 2.45) is 5.10 Å². The molecule has 3 rings (SSSR count). The molecule has 0 spiro atoms. The third kappa shape index (κ3) is 7.71. The molecule has 0 saturated carbocycles. The highest BCUT2D eigenvalue weighted by Crippen LogP contribution is 2.17. The largest absolute Gasteiger partial charge is 0.494 e. The monoisotopic (exact) mass is 475 g/mol. The van der Waals surface area contributed by atoms with Gasteiger partial charge in [-0.25, -0.2) is 10.2 Å². The van der Waals surface area contributed by atoms with Gasteiger partial charge in [-0.05, 0) is 92.2 Å². The minimum absolute atomic E-state index is 0.347. The van der Waals surface area contributed by atoms with Gasteiger partial charge in [0, 0.05) is 5.69 Å². The van der Waals surface area contributed by atoms with E-state index in [4.69, 9.17) is 14.2 Å². The third-order valence-electron chi connectivity index (χ3n) is 4.50. The van der Waals surface area contributed by atoms with Gasteiger partial charge in [0.05, 0.1) is 25.0 Å². The van der Waals surface area contributed by atoms with Crippen molar-refractivity contribution in [3.63, 3.8) is 0 Å². The number of hydrogen-bond donors (Lipinski definition) is 2. The zero-order valence-electron chi connectivity index (χ0n) is 19.3. The van der Waals surface area contributed by atoms with Crippen LogP contribution < -0.4 is 25.0 Å². The third-order valence-corrected chi connectivity index (χ3v) is 4.50. The fourth-order valence-electron chi connectivity index (χ4n) is 2.85. The van der Waals surface area contributed by atoms with Crippen LogP contribution in [-0.2, 0) is 9.59 Å². The summed E-state index contributed by atoms with van der Waals surface area (Å²) in [7, 11) is 0. The average Bonchev–Trinajstić information content (AvgIpc) is 2.87. The molecule has 3 aromatic carbocycles. The zero-order chi connectivity index (χ0) is 25.0. The second kappa shape index (κ2) is 12.5. The molecule has 0 atom stereocenters. The number of carbonyl (C=O) groups is 3. The van der Waals surface area contributed by atoms with Crippen LogP contribution in [0.5, 0.6) is 17.2 Å². The van der Waals surface area contributed by atoms with E-state index in [0.29, 0.717) is 47.3 Å². The molecule has 35 heavy (non-hydrogen) atoms. The number of esters is 1. The summed E-state index contributed by atoms with van der Waals surface area (Å²) in [5.41, 5.74) is 3.63. The van der Waals surface area contributed by atoms with E-state index in [1.807, 2.05) is 13.8 Å². The number of carbonyl (C=O) groups excluding carboxylic acids is 3. The van der Waals surface area contributed by atoms with Gasteiger partial charge in [-0.1, -0.05) is 0 Å². The number of anilines is 1. The van der Waals surface area contributed by atoms with Gasteiger partial charge in [-0.2, -0.15) is 5.10 Å². The number of nitrogens with zero attached hydrogens (tertiary/aromatic N) is 1. The molecular weight excluding hydrogens is 450 g/mol. The number of benzene rings is 3. The Morgan fingerprint density at radius 2 is 1.29 bits per heavy atom. The minimum Gasteiger partial charge on any atom is -0.494 e. The van der Waals surface area contributed by atoms with Crippen molar-refractivity contribution >= 4 is 29.7 Å². The average molecular weight is 476 g/mol. The maximum Gasteiger partial charge on any atom is 0.343 e. The maximum atomic E-state index is 12.3. The first-order valence-corrected chi connectivity index (χ1v) is 10.9. The lowest BCUT2D eigenvalue weighted by Crippen LogP contribution is -2.32. The van der Waals surface area contributed by atoms with E-state index in [2.05, 4.69) is 15.8 Å². The number of amides is 2. The number of rotatable bonds is 9. The highest BCUT2D eigenvalue weighted by molar-refractivity contribution is 6.39. The van der Waals surface area contributed by atoms with Crippen molar-refractivity contribution in [2.75, 3.05) is 18.5 Å². The Labute approximate surface area is 202 Å². The van der Waals surface area contributed by atoms with Crippen LogP contribution in [0.3, 0.4) is 0 Å². The van der Waals surface area contributed by atoms with E-state index in [-0.39, 0.29) is 0 Å². The van der Waals surface area contributed by atoms with Crippen LogP contribution in [0.1, 0.15) is 29.8 Å². The van der Waals surface area contributed by atoms with Crippen LogP contribution in [0.25, 0.3) is 0 Å². The second-order valence-electron chi connectivity index (χ2n) is 7.03. The van der Waals surface area contributed by atoms with E-state index in [9.17, 15) is 14.4 Å². The summed E-state index contributed by atoms with van der Waals surface area (Å²) in [6.45, 7) is 4.82. The van der Waals surface area contributed by atoms with Crippen LogP contribution in [0.4, 0.5) is 5.69 Å². The molecule has 0 aliphatic carbocycles. The van der Waals surface area contributed by atoms with Crippen molar-refractivity contribution in [2.45, 2.75) is 13.8 Å². The summed E-state index contributed by atoms with van der Waals surface area (Å²) in [6, 6.07) is 19.8. The van der Waals surface area contributed by atoms with Gasteiger partial charge in [-0.3, -0.25) is 9.59 Å². The van der Waals surface area contributed by atoms with Gasteiger partial charge >= 0.3 is 17.8 Å². The van der Waals surface area contributed by atoms with Gasteiger partial charge in [0.1, 0.15) is 17.2 Å². The lowest BCUT2D eigenvalue weighted by atomic mass is 10.2. The molecule has 0 fully saturated rings. The van der Waals surface area contributed by atoms with Gasteiger partial charge < -0.3 is 19.5 Å². The highest BCUT2D eigenvalue weighted by Gasteiger charge is 2.13. The first-order valence-electron chi connectivity index (χ1n) is 10.9. The highest BCUT2D eigenvalue weighted by atomic mass is 16.5. The van der Waals surface area contributed by atoms with Crippen LogP contribution in [0.15, 0.2) is 77.9 Å². The first-order chi connectivity index (χ1) is 17.0. The van der Waals surface area contributed by atoms with Gasteiger partial charge in [0.25, 0.3) is 0 Å². The molecule has 0 radical (unpaired) electrons. The molecule has 9 nitrogen and oxygen atoms in total. The summed E-state index contributed by atoms with van der Waals surface area (Å²) < 4.78 is 16.0. The first kappa shape index (κ1) is 25.0. The van der Waals surface area contributed by atoms with Crippen molar-refractivity contribution in [3.8, 4) is 17.2 Å². The Morgan fingerprint density at radius 3 is 1.86 bits per heavy atom. The van der Waals surface area contributed by atoms with Gasteiger partial charge in [0.15, 0.2) is 0 Å². The smallest absolute Gasteiger partial charge is 0.343 e. The number of hydrogen-bond acceptors (Lipinski definition) is 7. The van der Waals surface area contributed by atoms with Crippen molar-refractivity contribution in [1.29, 1.82) is 0 Å². The quantitative estimate of drug-likeness (QED) is 0.160. The fourth-order valence-corrected chi connectivity index (χ4v) is 2.85. The molecule has 0 saturated heterocycles. The predicted molar refractivity (Wildman–Crippen MR) is 131 cm³/mol. The van der Waals surface area contributed by atoms with Gasteiger partial charge in [-0.15, -0.1) is 0 Å². The van der Waals surface area contributed by atoms with Gasteiger partial charge in [0.2, 0.25) is 0 Å².